The van der Waals surface area contributed by atoms with E-state index in [-0.39, 0.29) is 16.1 Å². The molecule has 0 heterocycles. The van der Waals surface area contributed by atoms with Crippen LogP contribution in [-0.4, -0.2) is 32.4 Å². The zero-order valence-corrected chi connectivity index (χ0v) is 16.9. The SMILES string of the molecule is Cc1ccc(C)c(S(=O)(=O)Nc2ccccc2C(=O)O[C@H](C)C(=O)NC(N)=O)c1. The van der Waals surface area contributed by atoms with Gasteiger partial charge in [0.2, 0.25) is 0 Å². The maximum absolute atomic E-state index is 12.8. The molecule has 0 bridgehead atoms. The van der Waals surface area contributed by atoms with Crippen molar-refractivity contribution in [2.24, 2.45) is 5.73 Å². The van der Waals surface area contributed by atoms with Gasteiger partial charge in [-0.15, -0.1) is 0 Å². The molecule has 154 valence electrons. The van der Waals surface area contributed by atoms with Crippen molar-refractivity contribution in [1.82, 2.24) is 5.32 Å². The summed E-state index contributed by atoms with van der Waals surface area (Å²) < 4.78 is 33.0. The van der Waals surface area contributed by atoms with Crippen LogP contribution in [0.5, 0.6) is 0 Å². The molecule has 0 fully saturated rings. The number of carbonyl (C=O) groups is 3. The molecular weight excluding hydrogens is 398 g/mol. The zero-order valence-electron chi connectivity index (χ0n) is 16.1. The van der Waals surface area contributed by atoms with Gasteiger partial charge in [0.1, 0.15) is 0 Å². The molecule has 0 aromatic heterocycles. The van der Waals surface area contributed by atoms with Crippen molar-refractivity contribution < 1.29 is 27.5 Å². The van der Waals surface area contributed by atoms with Crippen LogP contribution in [0.2, 0.25) is 0 Å². The van der Waals surface area contributed by atoms with E-state index in [1.807, 2.05) is 0 Å². The molecule has 2 aromatic rings. The highest BCUT2D eigenvalue weighted by Crippen LogP contribution is 2.24. The molecular formula is C19H21N3O6S. The predicted octanol–water partition coefficient (Wildman–Crippen LogP) is 1.84. The van der Waals surface area contributed by atoms with Crippen molar-refractivity contribution in [3.8, 4) is 0 Å². The van der Waals surface area contributed by atoms with Crippen LogP contribution >= 0.6 is 0 Å². The lowest BCUT2D eigenvalue weighted by Crippen LogP contribution is -2.42. The Morgan fingerprint density at radius 1 is 1.07 bits per heavy atom. The number of nitrogens with one attached hydrogen (secondary N) is 2. The number of anilines is 1. The molecule has 0 aliphatic rings. The number of rotatable bonds is 6. The van der Waals surface area contributed by atoms with Gasteiger partial charge in [-0.1, -0.05) is 24.3 Å². The Balaban J connectivity index is 2.28. The van der Waals surface area contributed by atoms with Crippen LogP contribution in [0.1, 0.15) is 28.4 Å². The average Bonchev–Trinajstić information content (AvgIpc) is 2.63. The highest BCUT2D eigenvalue weighted by molar-refractivity contribution is 7.92. The predicted molar refractivity (Wildman–Crippen MR) is 106 cm³/mol. The quantitative estimate of drug-likeness (QED) is 0.609. The van der Waals surface area contributed by atoms with Gasteiger partial charge in [-0.25, -0.2) is 18.0 Å². The summed E-state index contributed by atoms with van der Waals surface area (Å²) in [5, 5.41) is 1.80. The van der Waals surface area contributed by atoms with Crippen molar-refractivity contribution in [1.29, 1.82) is 0 Å². The molecule has 10 heteroatoms. The first-order valence-electron chi connectivity index (χ1n) is 8.51. The third kappa shape index (κ3) is 5.55. The Labute approximate surface area is 168 Å². The van der Waals surface area contributed by atoms with Gasteiger partial charge in [0, 0.05) is 0 Å². The molecule has 0 aliphatic heterocycles. The number of nitrogens with two attached hydrogens (primary N) is 1. The number of ether oxygens (including phenoxy) is 1. The first-order valence-corrected chi connectivity index (χ1v) is 10.00. The summed E-state index contributed by atoms with van der Waals surface area (Å²) >= 11 is 0. The van der Waals surface area contributed by atoms with E-state index in [4.69, 9.17) is 10.5 Å². The smallest absolute Gasteiger partial charge is 0.341 e. The number of imide groups is 1. The molecule has 2 rings (SSSR count). The second-order valence-electron chi connectivity index (χ2n) is 6.32. The fraction of sp³-hybridized carbons (Fsp3) is 0.211. The Morgan fingerprint density at radius 2 is 1.72 bits per heavy atom. The molecule has 0 aliphatic carbocycles. The van der Waals surface area contributed by atoms with Gasteiger partial charge in [-0.05, 0) is 50.1 Å². The second kappa shape index (κ2) is 8.74. The van der Waals surface area contributed by atoms with E-state index < -0.39 is 34.0 Å². The van der Waals surface area contributed by atoms with Crippen molar-refractivity contribution >= 4 is 33.6 Å². The van der Waals surface area contributed by atoms with Gasteiger partial charge in [0.25, 0.3) is 15.9 Å². The molecule has 0 unspecified atom stereocenters. The van der Waals surface area contributed by atoms with E-state index in [1.165, 1.54) is 31.2 Å². The Morgan fingerprint density at radius 3 is 2.38 bits per heavy atom. The third-order valence-electron chi connectivity index (χ3n) is 3.92. The molecule has 9 nitrogen and oxygen atoms in total. The molecule has 1 atom stereocenters. The third-order valence-corrected chi connectivity index (χ3v) is 5.43. The number of para-hydroxylation sites is 1. The van der Waals surface area contributed by atoms with Crippen LogP contribution in [0.15, 0.2) is 47.4 Å². The minimum absolute atomic E-state index is 0.0130. The highest BCUT2D eigenvalue weighted by Gasteiger charge is 2.24. The maximum Gasteiger partial charge on any atom is 0.341 e. The van der Waals surface area contributed by atoms with E-state index in [2.05, 4.69) is 4.72 Å². The molecule has 0 radical (unpaired) electrons. The van der Waals surface area contributed by atoms with Crippen LogP contribution in [0, 0.1) is 13.8 Å². The summed E-state index contributed by atoms with van der Waals surface area (Å²) in [6.45, 7) is 4.68. The monoisotopic (exact) mass is 419 g/mol. The molecule has 0 spiro atoms. The van der Waals surface area contributed by atoms with Crippen LogP contribution in [0.4, 0.5) is 10.5 Å². The minimum Gasteiger partial charge on any atom is -0.449 e. The topological polar surface area (TPSA) is 145 Å². The first-order chi connectivity index (χ1) is 13.5. The van der Waals surface area contributed by atoms with Crippen molar-refractivity contribution in [2.75, 3.05) is 4.72 Å². The lowest BCUT2D eigenvalue weighted by Gasteiger charge is -2.16. The Hall–Kier alpha value is -3.40. The largest absolute Gasteiger partial charge is 0.449 e. The number of sulfonamides is 1. The number of urea groups is 1. The van der Waals surface area contributed by atoms with Crippen LogP contribution in [0.25, 0.3) is 0 Å². The minimum atomic E-state index is -3.98. The molecule has 2 aromatic carbocycles. The number of carbonyl (C=O) groups excluding carboxylic acids is 3. The summed E-state index contributed by atoms with van der Waals surface area (Å²) in [5.74, 6) is -1.85. The number of hydrogen-bond donors (Lipinski definition) is 3. The molecule has 3 amide bonds. The fourth-order valence-electron chi connectivity index (χ4n) is 2.45. The van der Waals surface area contributed by atoms with Crippen molar-refractivity contribution in [2.45, 2.75) is 31.8 Å². The first kappa shape index (κ1) is 21.9. The standard InChI is InChI=1S/C19H21N3O6S/c1-11-8-9-12(2)16(10-11)29(26,27)22-15-7-5-4-6-14(15)18(24)28-13(3)17(23)21-19(20)25/h4-10,13,22H,1-3H3,(H3,20,21,23,25)/t13-/m1/s1. The number of esters is 1. The van der Waals surface area contributed by atoms with Crippen molar-refractivity contribution in [3.63, 3.8) is 0 Å². The Bertz CT molecular complexity index is 1070. The van der Waals surface area contributed by atoms with E-state index in [1.54, 1.807) is 37.4 Å². The normalized spacial score (nSPS) is 12.0. The maximum atomic E-state index is 12.8. The average molecular weight is 419 g/mol. The number of primary amides is 1. The van der Waals surface area contributed by atoms with E-state index in [9.17, 15) is 22.8 Å². The lowest BCUT2D eigenvalue weighted by molar-refractivity contribution is -0.127. The summed E-state index contributed by atoms with van der Waals surface area (Å²) in [5.41, 5.74) is 6.05. The van der Waals surface area contributed by atoms with Crippen LogP contribution in [0.3, 0.4) is 0 Å². The van der Waals surface area contributed by atoms with E-state index >= 15 is 0 Å². The van der Waals surface area contributed by atoms with Gasteiger partial charge >= 0.3 is 12.0 Å². The van der Waals surface area contributed by atoms with E-state index in [0.717, 1.165) is 5.56 Å². The van der Waals surface area contributed by atoms with Gasteiger partial charge in [-0.3, -0.25) is 14.8 Å². The molecule has 0 saturated carbocycles. The summed E-state index contributed by atoms with van der Waals surface area (Å²) in [6.07, 6.45) is -1.32. The summed E-state index contributed by atoms with van der Waals surface area (Å²) in [7, 11) is -3.98. The van der Waals surface area contributed by atoms with Crippen LogP contribution in [-0.2, 0) is 19.6 Å². The summed E-state index contributed by atoms with van der Waals surface area (Å²) in [6, 6.07) is 9.71. The fourth-order valence-corrected chi connectivity index (χ4v) is 3.86. The van der Waals surface area contributed by atoms with Gasteiger partial charge in [-0.2, -0.15) is 0 Å². The number of hydrogen-bond acceptors (Lipinski definition) is 6. The van der Waals surface area contributed by atoms with Gasteiger partial charge < -0.3 is 10.5 Å². The Kier molecular flexibility index (Phi) is 6.60. The molecule has 0 saturated heterocycles. The number of amides is 3. The lowest BCUT2D eigenvalue weighted by atomic mass is 10.2. The van der Waals surface area contributed by atoms with Crippen LogP contribution < -0.4 is 15.8 Å². The molecule has 29 heavy (non-hydrogen) atoms. The van der Waals surface area contributed by atoms with E-state index in [0.29, 0.717) is 5.56 Å². The number of benzene rings is 2. The van der Waals surface area contributed by atoms with Gasteiger partial charge in [0.05, 0.1) is 16.1 Å². The summed E-state index contributed by atoms with van der Waals surface area (Å²) in [4.78, 5) is 35.0. The molecule has 4 N–H and O–H groups in total. The highest BCUT2D eigenvalue weighted by atomic mass is 32.2. The zero-order chi connectivity index (χ0) is 21.8. The van der Waals surface area contributed by atoms with Gasteiger partial charge in [0.15, 0.2) is 6.10 Å². The van der Waals surface area contributed by atoms with Crippen molar-refractivity contribution in [3.05, 3.63) is 59.2 Å². The number of aryl methyl sites for hydroxylation is 2. The second-order valence-corrected chi connectivity index (χ2v) is 7.97.